The summed E-state index contributed by atoms with van der Waals surface area (Å²) >= 11 is 0. The van der Waals surface area contributed by atoms with E-state index in [9.17, 15) is 4.79 Å². The van der Waals surface area contributed by atoms with Crippen molar-refractivity contribution in [3.63, 3.8) is 0 Å². The first-order chi connectivity index (χ1) is 7.26. The fourth-order valence-electron chi connectivity index (χ4n) is 2.69. The standard InChI is InChI=1S/C13H20O2/c1-3-15-13-7-10(8-14)6-12(9(13)2)11-4-5-11/h8,10-12H,3-7H2,1-2H3/t10-,12+/m1/s1. The molecule has 1 fully saturated rings. The molecule has 0 saturated heterocycles. The van der Waals surface area contributed by atoms with Gasteiger partial charge in [-0.15, -0.1) is 0 Å². The highest BCUT2D eigenvalue weighted by Gasteiger charge is 2.38. The topological polar surface area (TPSA) is 26.3 Å². The summed E-state index contributed by atoms with van der Waals surface area (Å²) in [5.74, 6) is 2.75. The van der Waals surface area contributed by atoms with E-state index in [0.717, 1.165) is 37.4 Å². The van der Waals surface area contributed by atoms with Crippen molar-refractivity contribution in [2.45, 2.75) is 39.5 Å². The Hall–Kier alpha value is -0.790. The van der Waals surface area contributed by atoms with Crippen molar-refractivity contribution in [1.29, 1.82) is 0 Å². The Morgan fingerprint density at radius 2 is 2.20 bits per heavy atom. The summed E-state index contributed by atoms with van der Waals surface area (Å²) in [7, 11) is 0. The number of hydrogen-bond acceptors (Lipinski definition) is 2. The fourth-order valence-corrected chi connectivity index (χ4v) is 2.69. The van der Waals surface area contributed by atoms with Crippen molar-refractivity contribution in [1.82, 2.24) is 0 Å². The fraction of sp³-hybridized carbons (Fsp3) is 0.769. The minimum atomic E-state index is 0.195. The van der Waals surface area contributed by atoms with E-state index in [1.54, 1.807) is 0 Å². The van der Waals surface area contributed by atoms with E-state index >= 15 is 0 Å². The van der Waals surface area contributed by atoms with Gasteiger partial charge in [-0.25, -0.2) is 0 Å². The molecule has 0 radical (unpaired) electrons. The minimum absolute atomic E-state index is 0.195. The first-order valence-corrected chi connectivity index (χ1v) is 6.04. The zero-order chi connectivity index (χ0) is 10.8. The summed E-state index contributed by atoms with van der Waals surface area (Å²) in [4.78, 5) is 10.9. The van der Waals surface area contributed by atoms with E-state index in [1.807, 2.05) is 6.92 Å². The number of hydrogen-bond donors (Lipinski definition) is 0. The second-order valence-corrected chi connectivity index (χ2v) is 4.82. The molecular formula is C13H20O2. The molecule has 0 aromatic carbocycles. The predicted molar refractivity (Wildman–Crippen MR) is 59.3 cm³/mol. The van der Waals surface area contributed by atoms with Gasteiger partial charge in [0.25, 0.3) is 0 Å². The third-order valence-electron chi connectivity index (χ3n) is 3.70. The van der Waals surface area contributed by atoms with Gasteiger partial charge in [0, 0.05) is 12.3 Å². The van der Waals surface area contributed by atoms with Crippen LogP contribution in [0.3, 0.4) is 0 Å². The number of ether oxygens (including phenoxy) is 1. The lowest BCUT2D eigenvalue weighted by molar-refractivity contribution is -0.112. The van der Waals surface area contributed by atoms with E-state index in [4.69, 9.17) is 4.74 Å². The Bertz CT molecular complexity index is 276. The van der Waals surface area contributed by atoms with Crippen molar-refractivity contribution < 1.29 is 9.53 Å². The molecule has 2 aliphatic carbocycles. The van der Waals surface area contributed by atoms with Gasteiger partial charge in [-0.05, 0) is 50.5 Å². The van der Waals surface area contributed by atoms with Gasteiger partial charge in [0.2, 0.25) is 0 Å². The minimum Gasteiger partial charge on any atom is -0.498 e. The number of allylic oxidation sites excluding steroid dienone is 2. The lowest BCUT2D eigenvalue weighted by Gasteiger charge is -2.29. The van der Waals surface area contributed by atoms with Crippen LogP contribution in [-0.2, 0) is 9.53 Å². The molecule has 0 heterocycles. The molecule has 2 rings (SSSR count). The zero-order valence-corrected chi connectivity index (χ0v) is 9.66. The predicted octanol–water partition coefficient (Wildman–Crippen LogP) is 2.93. The Morgan fingerprint density at radius 3 is 2.73 bits per heavy atom. The van der Waals surface area contributed by atoms with Gasteiger partial charge in [-0.1, -0.05) is 0 Å². The zero-order valence-electron chi connectivity index (χ0n) is 9.66. The second kappa shape index (κ2) is 4.38. The van der Waals surface area contributed by atoms with Gasteiger partial charge in [0.05, 0.1) is 12.4 Å². The molecule has 0 unspecified atom stereocenters. The van der Waals surface area contributed by atoms with Gasteiger partial charge < -0.3 is 9.53 Å². The van der Waals surface area contributed by atoms with Gasteiger partial charge in [0.1, 0.15) is 6.29 Å². The van der Waals surface area contributed by atoms with Crippen LogP contribution in [0.2, 0.25) is 0 Å². The quantitative estimate of drug-likeness (QED) is 0.664. The Labute approximate surface area is 91.7 Å². The first kappa shape index (κ1) is 10.7. The highest BCUT2D eigenvalue weighted by Crippen LogP contribution is 2.47. The van der Waals surface area contributed by atoms with Crippen LogP contribution in [0.1, 0.15) is 39.5 Å². The van der Waals surface area contributed by atoms with E-state index in [1.165, 1.54) is 18.4 Å². The molecule has 0 aliphatic heterocycles. The summed E-state index contributed by atoms with van der Waals surface area (Å²) in [6.07, 6.45) is 5.67. The lowest BCUT2D eigenvalue weighted by atomic mass is 9.78. The van der Waals surface area contributed by atoms with Gasteiger partial charge in [-0.2, -0.15) is 0 Å². The smallest absolute Gasteiger partial charge is 0.123 e. The third kappa shape index (κ3) is 2.24. The molecule has 0 N–H and O–H groups in total. The SMILES string of the molecule is CCOC1=C(C)[C@@H](C2CC2)C[C@@H](C=O)C1. The summed E-state index contributed by atoms with van der Waals surface area (Å²) in [5.41, 5.74) is 1.41. The number of rotatable bonds is 4. The van der Waals surface area contributed by atoms with Crippen LogP contribution < -0.4 is 0 Å². The summed E-state index contributed by atoms with van der Waals surface area (Å²) in [6, 6.07) is 0. The van der Waals surface area contributed by atoms with Crippen LogP contribution in [-0.4, -0.2) is 12.9 Å². The van der Waals surface area contributed by atoms with Crippen LogP contribution in [0, 0.1) is 17.8 Å². The summed E-state index contributed by atoms with van der Waals surface area (Å²) in [5, 5.41) is 0. The molecule has 2 nitrogen and oxygen atoms in total. The molecule has 0 bridgehead atoms. The first-order valence-electron chi connectivity index (χ1n) is 6.04. The van der Waals surface area contributed by atoms with Crippen molar-refractivity contribution >= 4 is 6.29 Å². The van der Waals surface area contributed by atoms with E-state index in [-0.39, 0.29) is 5.92 Å². The highest BCUT2D eigenvalue weighted by atomic mass is 16.5. The Balaban J connectivity index is 2.15. The Kier molecular flexibility index (Phi) is 3.13. The van der Waals surface area contributed by atoms with Crippen molar-refractivity contribution in [3.05, 3.63) is 11.3 Å². The molecule has 2 heteroatoms. The normalized spacial score (nSPS) is 31.6. The maximum Gasteiger partial charge on any atom is 0.123 e. The maximum absolute atomic E-state index is 10.9. The second-order valence-electron chi connectivity index (χ2n) is 4.82. The van der Waals surface area contributed by atoms with Crippen LogP contribution >= 0.6 is 0 Å². The molecule has 0 amide bonds. The number of carbonyl (C=O) groups is 1. The van der Waals surface area contributed by atoms with Gasteiger partial charge >= 0.3 is 0 Å². The molecule has 0 aromatic rings. The molecular weight excluding hydrogens is 188 g/mol. The molecule has 0 spiro atoms. The Morgan fingerprint density at radius 1 is 1.47 bits per heavy atom. The molecule has 1 saturated carbocycles. The largest absolute Gasteiger partial charge is 0.498 e. The van der Waals surface area contributed by atoms with Crippen LogP contribution in [0.25, 0.3) is 0 Å². The van der Waals surface area contributed by atoms with E-state index in [2.05, 4.69) is 6.92 Å². The molecule has 15 heavy (non-hydrogen) atoms. The monoisotopic (exact) mass is 208 g/mol. The maximum atomic E-state index is 10.9. The average Bonchev–Trinajstić information content (AvgIpc) is 3.05. The van der Waals surface area contributed by atoms with Crippen molar-refractivity contribution in [2.24, 2.45) is 17.8 Å². The third-order valence-corrected chi connectivity index (χ3v) is 3.70. The summed E-state index contributed by atoms with van der Waals surface area (Å²) < 4.78 is 5.66. The molecule has 2 aliphatic rings. The van der Waals surface area contributed by atoms with Gasteiger partial charge in [0.15, 0.2) is 0 Å². The highest BCUT2D eigenvalue weighted by molar-refractivity contribution is 5.55. The van der Waals surface area contributed by atoms with Gasteiger partial charge in [-0.3, -0.25) is 0 Å². The van der Waals surface area contributed by atoms with E-state index in [0.29, 0.717) is 5.92 Å². The van der Waals surface area contributed by atoms with E-state index < -0.39 is 0 Å². The molecule has 0 aromatic heterocycles. The number of aldehydes is 1. The molecule has 84 valence electrons. The van der Waals surface area contributed by atoms with Crippen LogP contribution in [0.5, 0.6) is 0 Å². The van der Waals surface area contributed by atoms with Crippen molar-refractivity contribution in [3.8, 4) is 0 Å². The number of carbonyl (C=O) groups excluding carboxylic acids is 1. The summed E-state index contributed by atoms with van der Waals surface area (Å²) in [6.45, 7) is 4.92. The average molecular weight is 208 g/mol. The lowest BCUT2D eigenvalue weighted by Crippen LogP contribution is -2.22. The van der Waals surface area contributed by atoms with Crippen LogP contribution in [0.15, 0.2) is 11.3 Å². The molecule has 2 atom stereocenters. The van der Waals surface area contributed by atoms with Crippen molar-refractivity contribution in [2.75, 3.05) is 6.61 Å². The van der Waals surface area contributed by atoms with Crippen LogP contribution in [0.4, 0.5) is 0 Å².